The van der Waals surface area contributed by atoms with E-state index in [9.17, 15) is 4.79 Å². The first kappa shape index (κ1) is 13.4. The van der Waals surface area contributed by atoms with Gasteiger partial charge in [0.1, 0.15) is 6.61 Å². The average molecular weight is 279 g/mol. The van der Waals surface area contributed by atoms with Crippen LogP contribution in [0.5, 0.6) is 0 Å². The van der Waals surface area contributed by atoms with Crippen LogP contribution < -0.4 is 0 Å². The molecule has 0 bridgehead atoms. The Labute approximate surface area is 124 Å². The van der Waals surface area contributed by atoms with Crippen LogP contribution in [0, 0.1) is 0 Å². The van der Waals surface area contributed by atoms with E-state index in [0.717, 1.165) is 16.7 Å². The van der Waals surface area contributed by atoms with Crippen LogP contribution in [0.3, 0.4) is 0 Å². The molecule has 1 amide bonds. The molecule has 0 radical (unpaired) electrons. The third-order valence-corrected chi connectivity index (χ3v) is 3.66. The van der Waals surface area contributed by atoms with Crippen molar-refractivity contribution >= 4 is 11.7 Å². The fourth-order valence-corrected chi connectivity index (χ4v) is 2.49. The highest BCUT2D eigenvalue weighted by Crippen LogP contribution is 2.29. The number of ether oxygens (including phenoxy) is 1. The normalized spacial score (nSPS) is 18.7. The summed E-state index contributed by atoms with van der Waals surface area (Å²) in [4.78, 5) is 13.7. The number of rotatable bonds is 3. The van der Waals surface area contributed by atoms with E-state index >= 15 is 0 Å². The summed E-state index contributed by atoms with van der Waals surface area (Å²) in [5.41, 5.74) is 3.22. The summed E-state index contributed by atoms with van der Waals surface area (Å²) in [5, 5.41) is 0. The Morgan fingerprint density at radius 1 is 1.10 bits per heavy atom. The van der Waals surface area contributed by atoms with Gasteiger partial charge in [0, 0.05) is 6.20 Å². The van der Waals surface area contributed by atoms with E-state index in [4.69, 9.17) is 4.74 Å². The standard InChI is InChI=1S/C18H17NO2/c1-14(15-8-4-2-5-9-15)12-19-17(13-21-18(19)20)16-10-6-3-7-11-16/h2-12,17H,13H2,1H3/b14-12-/t17-/m1/s1. The number of carbonyl (C=O) groups is 1. The third kappa shape index (κ3) is 2.82. The minimum atomic E-state index is -0.292. The minimum Gasteiger partial charge on any atom is -0.447 e. The molecule has 0 N–H and O–H groups in total. The Morgan fingerprint density at radius 3 is 2.38 bits per heavy atom. The van der Waals surface area contributed by atoms with Crippen molar-refractivity contribution in [1.82, 2.24) is 4.90 Å². The highest BCUT2D eigenvalue weighted by molar-refractivity contribution is 5.75. The molecular formula is C18H17NO2. The summed E-state index contributed by atoms with van der Waals surface area (Å²) in [6.07, 6.45) is 1.58. The summed E-state index contributed by atoms with van der Waals surface area (Å²) in [7, 11) is 0. The molecule has 2 aromatic rings. The van der Waals surface area contributed by atoms with Gasteiger partial charge in [0.15, 0.2) is 0 Å². The molecule has 1 fully saturated rings. The lowest BCUT2D eigenvalue weighted by Gasteiger charge is -2.19. The number of benzene rings is 2. The van der Waals surface area contributed by atoms with Gasteiger partial charge in [-0.15, -0.1) is 0 Å². The zero-order chi connectivity index (χ0) is 14.7. The summed E-state index contributed by atoms with van der Waals surface area (Å²) in [6.45, 7) is 2.39. The van der Waals surface area contributed by atoms with Gasteiger partial charge in [0.25, 0.3) is 0 Å². The zero-order valence-corrected chi connectivity index (χ0v) is 11.9. The summed E-state index contributed by atoms with van der Waals surface area (Å²) in [6, 6.07) is 19.9. The Hall–Kier alpha value is -2.55. The number of amides is 1. The van der Waals surface area contributed by atoms with Crippen LogP contribution in [0.2, 0.25) is 0 Å². The number of carbonyl (C=O) groups excluding carboxylic acids is 1. The molecule has 106 valence electrons. The van der Waals surface area contributed by atoms with E-state index in [2.05, 4.69) is 0 Å². The van der Waals surface area contributed by atoms with Gasteiger partial charge in [-0.3, -0.25) is 4.90 Å². The van der Waals surface area contributed by atoms with Crippen LogP contribution in [-0.4, -0.2) is 17.6 Å². The smallest absolute Gasteiger partial charge is 0.414 e. The van der Waals surface area contributed by atoms with Gasteiger partial charge in [-0.05, 0) is 23.6 Å². The van der Waals surface area contributed by atoms with Crippen LogP contribution in [0.15, 0.2) is 66.9 Å². The van der Waals surface area contributed by atoms with Crippen molar-refractivity contribution in [3.05, 3.63) is 78.0 Å². The van der Waals surface area contributed by atoms with Crippen LogP contribution in [0.25, 0.3) is 5.57 Å². The molecular weight excluding hydrogens is 262 g/mol. The Bertz CT molecular complexity index is 649. The molecule has 21 heavy (non-hydrogen) atoms. The maximum Gasteiger partial charge on any atom is 0.414 e. The van der Waals surface area contributed by atoms with Crippen molar-refractivity contribution in [2.24, 2.45) is 0 Å². The maximum absolute atomic E-state index is 12.0. The second-order valence-corrected chi connectivity index (χ2v) is 5.09. The zero-order valence-electron chi connectivity index (χ0n) is 11.9. The molecule has 3 rings (SSSR count). The molecule has 0 spiro atoms. The predicted octanol–water partition coefficient (Wildman–Crippen LogP) is 4.24. The van der Waals surface area contributed by atoms with Gasteiger partial charge in [0.2, 0.25) is 0 Å². The summed E-state index contributed by atoms with van der Waals surface area (Å²) < 4.78 is 5.21. The summed E-state index contributed by atoms with van der Waals surface area (Å²) in [5.74, 6) is 0. The third-order valence-electron chi connectivity index (χ3n) is 3.66. The largest absolute Gasteiger partial charge is 0.447 e. The van der Waals surface area contributed by atoms with Gasteiger partial charge >= 0.3 is 6.09 Å². The number of nitrogens with zero attached hydrogens (tertiary/aromatic N) is 1. The van der Waals surface area contributed by atoms with Crippen LogP contribution >= 0.6 is 0 Å². The highest BCUT2D eigenvalue weighted by atomic mass is 16.6. The molecule has 1 heterocycles. The Morgan fingerprint density at radius 2 is 1.71 bits per heavy atom. The molecule has 1 aliphatic rings. The van der Waals surface area contributed by atoms with Gasteiger partial charge in [-0.1, -0.05) is 60.7 Å². The lowest BCUT2D eigenvalue weighted by Crippen LogP contribution is -2.22. The number of allylic oxidation sites excluding steroid dienone is 1. The average Bonchev–Trinajstić information content (AvgIpc) is 2.90. The van der Waals surface area contributed by atoms with E-state index in [0.29, 0.717) is 6.61 Å². The topological polar surface area (TPSA) is 29.5 Å². The van der Waals surface area contributed by atoms with Gasteiger partial charge < -0.3 is 4.74 Å². The van der Waals surface area contributed by atoms with Crippen molar-refractivity contribution in [3.63, 3.8) is 0 Å². The van der Waals surface area contributed by atoms with Gasteiger partial charge in [0.05, 0.1) is 6.04 Å². The molecule has 0 aromatic heterocycles. The molecule has 0 aliphatic carbocycles. The first-order valence-corrected chi connectivity index (χ1v) is 6.99. The molecule has 2 aromatic carbocycles. The van der Waals surface area contributed by atoms with Gasteiger partial charge in [-0.2, -0.15) is 0 Å². The fourth-order valence-electron chi connectivity index (χ4n) is 2.49. The molecule has 0 saturated carbocycles. The SMILES string of the molecule is C/C(=C/N1C(=O)OC[C@@H]1c1ccccc1)c1ccccc1. The Balaban J connectivity index is 1.90. The highest BCUT2D eigenvalue weighted by Gasteiger charge is 2.32. The molecule has 1 atom stereocenters. The lowest BCUT2D eigenvalue weighted by atomic mass is 10.1. The second-order valence-electron chi connectivity index (χ2n) is 5.09. The quantitative estimate of drug-likeness (QED) is 0.841. The van der Waals surface area contributed by atoms with Gasteiger partial charge in [-0.25, -0.2) is 4.79 Å². The maximum atomic E-state index is 12.0. The molecule has 1 aliphatic heterocycles. The minimum absolute atomic E-state index is 0.0580. The van der Waals surface area contributed by atoms with Crippen molar-refractivity contribution in [1.29, 1.82) is 0 Å². The molecule has 3 nitrogen and oxygen atoms in total. The van der Waals surface area contributed by atoms with E-state index < -0.39 is 0 Å². The van der Waals surface area contributed by atoms with Crippen molar-refractivity contribution < 1.29 is 9.53 Å². The molecule has 0 unspecified atom stereocenters. The first-order valence-electron chi connectivity index (χ1n) is 6.99. The van der Waals surface area contributed by atoms with E-state index in [-0.39, 0.29) is 12.1 Å². The van der Waals surface area contributed by atoms with Crippen LogP contribution in [0.4, 0.5) is 4.79 Å². The first-order chi connectivity index (χ1) is 10.3. The van der Waals surface area contributed by atoms with E-state index in [1.54, 1.807) is 4.90 Å². The molecule has 1 saturated heterocycles. The number of hydrogen-bond donors (Lipinski definition) is 0. The Kier molecular flexibility index (Phi) is 3.73. The van der Waals surface area contributed by atoms with Crippen molar-refractivity contribution in [2.45, 2.75) is 13.0 Å². The monoisotopic (exact) mass is 279 g/mol. The lowest BCUT2D eigenvalue weighted by molar-refractivity contribution is 0.166. The molecule has 3 heteroatoms. The van der Waals surface area contributed by atoms with Crippen molar-refractivity contribution in [3.8, 4) is 0 Å². The van der Waals surface area contributed by atoms with Crippen molar-refractivity contribution in [2.75, 3.05) is 6.61 Å². The second kappa shape index (κ2) is 5.83. The van der Waals surface area contributed by atoms with Crippen LogP contribution in [0.1, 0.15) is 24.1 Å². The fraction of sp³-hybridized carbons (Fsp3) is 0.167. The van der Waals surface area contributed by atoms with E-state index in [1.165, 1.54) is 0 Å². The van der Waals surface area contributed by atoms with Crippen LogP contribution in [-0.2, 0) is 4.74 Å². The predicted molar refractivity (Wildman–Crippen MR) is 82.5 cm³/mol. The number of hydrogen-bond acceptors (Lipinski definition) is 2. The summed E-state index contributed by atoms with van der Waals surface area (Å²) >= 11 is 0. The van der Waals surface area contributed by atoms with E-state index in [1.807, 2.05) is 73.8 Å². The number of cyclic esters (lactones) is 1.